The zero-order chi connectivity index (χ0) is 20.4. The fourth-order valence-corrected chi connectivity index (χ4v) is 3.74. The summed E-state index contributed by atoms with van der Waals surface area (Å²) in [5.74, 6) is 1.53. The molecule has 1 aliphatic heterocycles. The Morgan fingerprint density at radius 2 is 2.00 bits per heavy atom. The van der Waals surface area contributed by atoms with Crippen molar-refractivity contribution in [2.45, 2.75) is 52.5 Å². The van der Waals surface area contributed by atoms with Gasteiger partial charge in [-0.3, -0.25) is 14.5 Å². The van der Waals surface area contributed by atoms with Crippen LogP contribution >= 0.6 is 0 Å². The summed E-state index contributed by atoms with van der Waals surface area (Å²) in [6.45, 7) is 8.17. The van der Waals surface area contributed by atoms with E-state index in [0.717, 1.165) is 24.2 Å². The number of amides is 1. The fourth-order valence-electron chi connectivity index (χ4n) is 3.74. The summed E-state index contributed by atoms with van der Waals surface area (Å²) in [5, 5.41) is 8.66. The van der Waals surface area contributed by atoms with E-state index in [0.29, 0.717) is 43.5 Å². The lowest BCUT2D eigenvalue weighted by Gasteiger charge is -2.30. The number of piperidine rings is 1. The van der Waals surface area contributed by atoms with E-state index >= 15 is 0 Å². The minimum absolute atomic E-state index is 0.177. The quantitative estimate of drug-likeness (QED) is 0.661. The number of carbonyl (C=O) groups is 1. The number of pyridine rings is 1. The first-order chi connectivity index (χ1) is 14.0. The molecule has 4 heterocycles. The Morgan fingerprint density at radius 3 is 2.66 bits per heavy atom. The Labute approximate surface area is 169 Å². The van der Waals surface area contributed by atoms with Gasteiger partial charge in [0.1, 0.15) is 5.69 Å². The van der Waals surface area contributed by atoms with Crippen LogP contribution in [0.4, 0.5) is 0 Å². The van der Waals surface area contributed by atoms with Gasteiger partial charge < -0.3 is 9.42 Å². The molecule has 1 fully saturated rings. The van der Waals surface area contributed by atoms with Gasteiger partial charge in [-0.15, -0.1) is 0 Å². The third kappa shape index (κ3) is 4.06. The summed E-state index contributed by atoms with van der Waals surface area (Å²) in [5.41, 5.74) is 4.04. The predicted molar refractivity (Wildman–Crippen MR) is 107 cm³/mol. The van der Waals surface area contributed by atoms with E-state index in [1.807, 2.05) is 34.7 Å². The maximum Gasteiger partial charge on any atom is 0.276 e. The molecule has 1 amide bonds. The normalized spacial score (nSPS) is 15.1. The first-order valence-electron chi connectivity index (χ1n) is 10.1. The Morgan fingerprint density at radius 1 is 1.21 bits per heavy atom. The lowest BCUT2D eigenvalue weighted by atomic mass is 9.96. The Hall–Kier alpha value is -3.03. The van der Waals surface area contributed by atoms with E-state index in [1.54, 1.807) is 6.20 Å². The average Bonchev–Trinajstić information content (AvgIpc) is 3.34. The monoisotopic (exact) mass is 394 g/mol. The molecule has 0 bridgehead atoms. The SMILES string of the molecule is Cc1nn(CCC(=O)N2CCC(c3noc(-c4ccccn4)n3)CC2)c(C)c1C. The van der Waals surface area contributed by atoms with Gasteiger partial charge in [-0.1, -0.05) is 11.2 Å². The van der Waals surface area contributed by atoms with E-state index in [1.165, 1.54) is 5.56 Å². The van der Waals surface area contributed by atoms with E-state index in [-0.39, 0.29) is 11.8 Å². The molecule has 0 radical (unpaired) electrons. The van der Waals surface area contributed by atoms with Gasteiger partial charge in [0.05, 0.1) is 5.69 Å². The topological polar surface area (TPSA) is 89.9 Å². The summed E-state index contributed by atoms with van der Waals surface area (Å²) in [7, 11) is 0. The molecule has 152 valence electrons. The van der Waals surface area contributed by atoms with Crippen molar-refractivity contribution in [3.63, 3.8) is 0 Å². The molecule has 0 aromatic carbocycles. The Kier molecular flexibility index (Phi) is 5.42. The summed E-state index contributed by atoms with van der Waals surface area (Å²) >= 11 is 0. The maximum atomic E-state index is 12.6. The minimum Gasteiger partial charge on any atom is -0.343 e. The minimum atomic E-state index is 0.177. The highest BCUT2D eigenvalue weighted by atomic mass is 16.5. The number of rotatable bonds is 5. The van der Waals surface area contributed by atoms with Crippen molar-refractivity contribution < 1.29 is 9.32 Å². The lowest BCUT2D eigenvalue weighted by molar-refractivity contribution is -0.132. The zero-order valence-electron chi connectivity index (χ0n) is 17.1. The van der Waals surface area contributed by atoms with Crippen LogP contribution in [-0.4, -0.2) is 48.8 Å². The van der Waals surface area contributed by atoms with E-state index in [4.69, 9.17) is 4.52 Å². The summed E-state index contributed by atoms with van der Waals surface area (Å²) < 4.78 is 7.31. The number of nitrogens with zero attached hydrogens (tertiary/aromatic N) is 6. The van der Waals surface area contributed by atoms with Crippen molar-refractivity contribution >= 4 is 5.91 Å². The van der Waals surface area contributed by atoms with Gasteiger partial charge in [0.2, 0.25) is 5.91 Å². The summed E-state index contributed by atoms with van der Waals surface area (Å²) in [4.78, 5) is 23.3. The molecule has 0 unspecified atom stereocenters. The summed E-state index contributed by atoms with van der Waals surface area (Å²) in [6.07, 6.45) is 3.85. The molecular weight excluding hydrogens is 368 g/mol. The highest BCUT2D eigenvalue weighted by molar-refractivity contribution is 5.76. The van der Waals surface area contributed by atoms with Crippen LogP contribution in [0.1, 0.15) is 48.0 Å². The van der Waals surface area contributed by atoms with Gasteiger partial charge in [0, 0.05) is 43.9 Å². The standard InChI is InChI=1S/C21H26N6O2/c1-14-15(2)24-27(16(14)3)13-9-19(28)26-11-7-17(8-12-26)20-23-21(29-25-20)18-6-4-5-10-22-18/h4-6,10,17H,7-9,11-13H2,1-3H3. The molecule has 8 nitrogen and oxygen atoms in total. The van der Waals surface area contributed by atoms with Crippen LogP contribution in [0.15, 0.2) is 28.9 Å². The number of aryl methyl sites for hydroxylation is 2. The number of carbonyl (C=O) groups excluding carboxylic acids is 1. The van der Waals surface area contributed by atoms with Gasteiger partial charge in [0.25, 0.3) is 5.89 Å². The van der Waals surface area contributed by atoms with Gasteiger partial charge >= 0.3 is 0 Å². The second-order valence-corrected chi connectivity index (χ2v) is 7.60. The molecule has 29 heavy (non-hydrogen) atoms. The third-order valence-corrected chi connectivity index (χ3v) is 5.82. The molecule has 0 aliphatic carbocycles. The van der Waals surface area contributed by atoms with Crippen molar-refractivity contribution in [2.75, 3.05) is 13.1 Å². The lowest BCUT2D eigenvalue weighted by Crippen LogP contribution is -2.38. The molecular formula is C21H26N6O2. The van der Waals surface area contributed by atoms with Gasteiger partial charge in [-0.25, -0.2) is 0 Å². The second-order valence-electron chi connectivity index (χ2n) is 7.60. The Bertz CT molecular complexity index is 986. The highest BCUT2D eigenvalue weighted by Gasteiger charge is 2.27. The van der Waals surface area contributed by atoms with E-state index in [2.05, 4.69) is 34.1 Å². The third-order valence-electron chi connectivity index (χ3n) is 5.82. The molecule has 0 N–H and O–H groups in total. The van der Waals surface area contributed by atoms with E-state index < -0.39 is 0 Å². The van der Waals surface area contributed by atoms with Crippen LogP contribution in [0.25, 0.3) is 11.6 Å². The maximum absolute atomic E-state index is 12.6. The number of hydrogen-bond donors (Lipinski definition) is 0. The van der Waals surface area contributed by atoms with Gasteiger partial charge in [0.15, 0.2) is 5.82 Å². The first-order valence-corrected chi connectivity index (χ1v) is 10.1. The first kappa shape index (κ1) is 19.3. The van der Waals surface area contributed by atoms with Crippen LogP contribution in [0.3, 0.4) is 0 Å². The molecule has 8 heteroatoms. The molecule has 1 saturated heterocycles. The summed E-state index contributed by atoms with van der Waals surface area (Å²) in [6, 6.07) is 5.59. The molecule has 3 aromatic heterocycles. The van der Waals surface area contributed by atoms with Gasteiger partial charge in [-0.05, 0) is 51.3 Å². The van der Waals surface area contributed by atoms with Crippen molar-refractivity contribution in [1.82, 2.24) is 29.8 Å². The van der Waals surface area contributed by atoms with Gasteiger partial charge in [-0.2, -0.15) is 10.1 Å². The van der Waals surface area contributed by atoms with E-state index in [9.17, 15) is 4.79 Å². The molecule has 4 rings (SSSR count). The van der Waals surface area contributed by atoms with Crippen LogP contribution in [0, 0.1) is 20.8 Å². The Balaban J connectivity index is 1.30. The van der Waals surface area contributed by atoms with Crippen LogP contribution < -0.4 is 0 Å². The van der Waals surface area contributed by atoms with Crippen LogP contribution in [0.2, 0.25) is 0 Å². The smallest absolute Gasteiger partial charge is 0.276 e. The highest BCUT2D eigenvalue weighted by Crippen LogP contribution is 2.28. The zero-order valence-corrected chi connectivity index (χ0v) is 17.1. The van der Waals surface area contributed by atoms with Crippen LogP contribution in [0.5, 0.6) is 0 Å². The van der Waals surface area contributed by atoms with Crippen molar-refractivity contribution in [3.8, 4) is 11.6 Å². The number of aromatic nitrogens is 5. The fraction of sp³-hybridized carbons (Fsp3) is 0.476. The average molecular weight is 394 g/mol. The molecule has 0 spiro atoms. The van der Waals surface area contributed by atoms with Crippen molar-refractivity contribution in [1.29, 1.82) is 0 Å². The molecule has 1 aliphatic rings. The second kappa shape index (κ2) is 8.14. The number of hydrogen-bond acceptors (Lipinski definition) is 6. The largest absolute Gasteiger partial charge is 0.343 e. The number of likely N-dealkylation sites (tertiary alicyclic amines) is 1. The molecule has 0 saturated carbocycles. The van der Waals surface area contributed by atoms with Crippen LogP contribution in [-0.2, 0) is 11.3 Å². The van der Waals surface area contributed by atoms with Crippen molar-refractivity contribution in [2.24, 2.45) is 0 Å². The van der Waals surface area contributed by atoms with Crippen molar-refractivity contribution in [3.05, 3.63) is 47.2 Å². The predicted octanol–water partition coefficient (Wildman–Crippen LogP) is 3.05. The molecule has 0 atom stereocenters. The molecule has 3 aromatic rings.